The van der Waals surface area contributed by atoms with Crippen molar-refractivity contribution in [2.75, 3.05) is 13.1 Å². The van der Waals surface area contributed by atoms with Crippen LogP contribution in [0.3, 0.4) is 0 Å². The van der Waals surface area contributed by atoms with Gasteiger partial charge >= 0.3 is 0 Å². The Morgan fingerprint density at radius 1 is 1.15 bits per heavy atom. The predicted octanol–water partition coefficient (Wildman–Crippen LogP) is 2.22. The molecule has 0 spiro atoms. The Kier molecular flexibility index (Phi) is 5.09. The SMILES string of the molecule is Cc1cc(C)nc(-n2cc(C(=O)N3CC(C)NC(C)C3)c(C(C)C)n2)n1. The third-order valence-corrected chi connectivity index (χ3v) is 4.54. The Bertz CT molecular complexity index is 782. The molecule has 2 aromatic rings. The fraction of sp³-hybridized carbons (Fsp3) is 0.579. The number of hydrogen-bond acceptors (Lipinski definition) is 5. The van der Waals surface area contributed by atoms with Gasteiger partial charge in [-0.3, -0.25) is 4.79 Å². The molecule has 26 heavy (non-hydrogen) atoms. The maximum absolute atomic E-state index is 13.2. The average molecular weight is 356 g/mol. The molecule has 0 radical (unpaired) electrons. The summed E-state index contributed by atoms with van der Waals surface area (Å²) >= 11 is 0. The molecular weight excluding hydrogens is 328 g/mol. The topological polar surface area (TPSA) is 75.9 Å². The quantitative estimate of drug-likeness (QED) is 0.913. The maximum atomic E-state index is 13.2. The van der Waals surface area contributed by atoms with E-state index in [1.165, 1.54) is 0 Å². The summed E-state index contributed by atoms with van der Waals surface area (Å²) < 4.78 is 1.64. The second-order valence-electron chi connectivity index (χ2n) is 7.66. The number of piperazine rings is 1. The van der Waals surface area contributed by atoms with Crippen molar-refractivity contribution in [2.45, 2.75) is 59.5 Å². The van der Waals surface area contributed by atoms with Gasteiger partial charge in [0.15, 0.2) is 0 Å². The lowest BCUT2D eigenvalue weighted by molar-refractivity contribution is 0.0672. The van der Waals surface area contributed by atoms with Gasteiger partial charge in [-0.1, -0.05) is 13.8 Å². The van der Waals surface area contributed by atoms with Gasteiger partial charge in [0.1, 0.15) is 0 Å². The first-order chi connectivity index (χ1) is 12.2. The summed E-state index contributed by atoms with van der Waals surface area (Å²) in [6.45, 7) is 13.6. The summed E-state index contributed by atoms with van der Waals surface area (Å²) in [7, 11) is 0. The van der Waals surface area contributed by atoms with E-state index in [1.807, 2.05) is 24.8 Å². The van der Waals surface area contributed by atoms with Crippen molar-refractivity contribution in [1.29, 1.82) is 0 Å². The number of aromatic nitrogens is 4. The first-order valence-electron chi connectivity index (χ1n) is 9.22. The number of nitrogens with one attached hydrogen (secondary N) is 1. The zero-order valence-electron chi connectivity index (χ0n) is 16.4. The molecule has 1 saturated heterocycles. The van der Waals surface area contributed by atoms with Gasteiger partial charge in [0, 0.05) is 42.8 Å². The third-order valence-electron chi connectivity index (χ3n) is 4.54. The van der Waals surface area contributed by atoms with Crippen LogP contribution in [0, 0.1) is 13.8 Å². The molecule has 1 N–H and O–H groups in total. The van der Waals surface area contributed by atoms with Gasteiger partial charge in [0.05, 0.1) is 11.3 Å². The van der Waals surface area contributed by atoms with Crippen molar-refractivity contribution in [3.05, 3.63) is 34.9 Å². The molecule has 2 atom stereocenters. The summed E-state index contributed by atoms with van der Waals surface area (Å²) in [5, 5.41) is 8.11. The molecule has 3 rings (SSSR count). The number of hydrogen-bond donors (Lipinski definition) is 1. The molecule has 0 aliphatic carbocycles. The highest BCUT2D eigenvalue weighted by Gasteiger charge is 2.29. The molecule has 2 aromatic heterocycles. The van der Waals surface area contributed by atoms with Gasteiger partial charge in [-0.15, -0.1) is 0 Å². The lowest BCUT2D eigenvalue weighted by Gasteiger charge is -2.36. The lowest BCUT2D eigenvalue weighted by Crippen LogP contribution is -2.55. The molecule has 7 heteroatoms. The first kappa shape index (κ1) is 18.5. The van der Waals surface area contributed by atoms with E-state index >= 15 is 0 Å². The average Bonchev–Trinajstić information content (AvgIpc) is 2.97. The highest BCUT2D eigenvalue weighted by molar-refractivity contribution is 5.95. The van der Waals surface area contributed by atoms with E-state index in [2.05, 4.69) is 48.1 Å². The molecule has 1 amide bonds. The molecule has 0 bridgehead atoms. The maximum Gasteiger partial charge on any atom is 0.257 e. The number of amides is 1. The smallest absolute Gasteiger partial charge is 0.257 e. The van der Waals surface area contributed by atoms with E-state index in [9.17, 15) is 4.79 Å². The molecule has 1 aliphatic heterocycles. The van der Waals surface area contributed by atoms with Gasteiger partial charge in [-0.05, 0) is 39.7 Å². The highest BCUT2D eigenvalue weighted by Crippen LogP contribution is 2.22. The van der Waals surface area contributed by atoms with E-state index in [4.69, 9.17) is 0 Å². The number of rotatable bonds is 3. The Balaban J connectivity index is 1.98. The minimum atomic E-state index is 0.0320. The standard InChI is InChI=1S/C19H28N6O/c1-11(2)17-16(18(26)24-8-14(5)20-15(6)9-24)10-25(23-17)19-21-12(3)7-13(4)22-19/h7,10-11,14-15,20H,8-9H2,1-6H3. The molecule has 1 aliphatic rings. The van der Waals surface area contributed by atoms with E-state index < -0.39 is 0 Å². The minimum absolute atomic E-state index is 0.0320. The van der Waals surface area contributed by atoms with Crippen LogP contribution in [0.4, 0.5) is 0 Å². The minimum Gasteiger partial charge on any atom is -0.335 e. The fourth-order valence-electron chi connectivity index (χ4n) is 3.55. The van der Waals surface area contributed by atoms with Crippen LogP contribution in [0.15, 0.2) is 12.3 Å². The second kappa shape index (κ2) is 7.15. The fourth-order valence-corrected chi connectivity index (χ4v) is 3.55. The monoisotopic (exact) mass is 356 g/mol. The molecule has 2 unspecified atom stereocenters. The van der Waals surface area contributed by atoms with Gasteiger partial charge in [0.25, 0.3) is 11.9 Å². The Hall–Kier alpha value is -2.28. The molecule has 1 fully saturated rings. The van der Waals surface area contributed by atoms with Crippen LogP contribution in [0.25, 0.3) is 5.95 Å². The third kappa shape index (κ3) is 3.77. The first-order valence-corrected chi connectivity index (χ1v) is 9.22. The van der Waals surface area contributed by atoms with Crippen LogP contribution in [0.5, 0.6) is 0 Å². The number of carbonyl (C=O) groups is 1. The van der Waals surface area contributed by atoms with Crippen LogP contribution in [0.1, 0.15) is 61.1 Å². The molecule has 7 nitrogen and oxygen atoms in total. The van der Waals surface area contributed by atoms with Crippen LogP contribution >= 0.6 is 0 Å². The predicted molar refractivity (Wildman–Crippen MR) is 101 cm³/mol. The Morgan fingerprint density at radius 2 is 1.73 bits per heavy atom. The molecule has 3 heterocycles. The normalized spacial score (nSPS) is 20.7. The van der Waals surface area contributed by atoms with Crippen molar-refractivity contribution in [2.24, 2.45) is 0 Å². The lowest BCUT2D eigenvalue weighted by atomic mass is 10.0. The Morgan fingerprint density at radius 3 is 2.27 bits per heavy atom. The van der Waals surface area contributed by atoms with Crippen molar-refractivity contribution in [1.82, 2.24) is 30.0 Å². The highest BCUT2D eigenvalue weighted by atomic mass is 16.2. The van der Waals surface area contributed by atoms with E-state index in [0.717, 1.165) is 17.1 Å². The van der Waals surface area contributed by atoms with Crippen molar-refractivity contribution in [3.63, 3.8) is 0 Å². The van der Waals surface area contributed by atoms with E-state index in [-0.39, 0.29) is 23.9 Å². The van der Waals surface area contributed by atoms with Gasteiger partial charge < -0.3 is 10.2 Å². The van der Waals surface area contributed by atoms with E-state index in [1.54, 1.807) is 10.9 Å². The zero-order chi connectivity index (χ0) is 19.0. The van der Waals surface area contributed by atoms with Crippen LogP contribution in [0.2, 0.25) is 0 Å². The number of nitrogens with zero attached hydrogens (tertiary/aromatic N) is 5. The van der Waals surface area contributed by atoms with Gasteiger partial charge in [-0.25, -0.2) is 14.6 Å². The van der Waals surface area contributed by atoms with Crippen LogP contribution in [-0.2, 0) is 0 Å². The van der Waals surface area contributed by atoms with Crippen LogP contribution < -0.4 is 5.32 Å². The van der Waals surface area contributed by atoms with E-state index in [0.29, 0.717) is 24.6 Å². The summed E-state index contributed by atoms with van der Waals surface area (Å²) in [6.07, 6.45) is 1.78. The molecule has 0 saturated carbocycles. The van der Waals surface area contributed by atoms with Gasteiger partial charge in [0.2, 0.25) is 0 Å². The molecule has 0 aromatic carbocycles. The van der Waals surface area contributed by atoms with Crippen LogP contribution in [-0.4, -0.2) is 55.7 Å². The Labute approximate surface area is 154 Å². The number of carbonyl (C=O) groups excluding carboxylic acids is 1. The summed E-state index contributed by atoms with van der Waals surface area (Å²) in [5.41, 5.74) is 3.19. The molecular formula is C19H28N6O. The second-order valence-corrected chi connectivity index (χ2v) is 7.66. The molecule has 140 valence electrons. The van der Waals surface area contributed by atoms with Crippen molar-refractivity contribution >= 4 is 5.91 Å². The van der Waals surface area contributed by atoms with Crippen molar-refractivity contribution in [3.8, 4) is 5.95 Å². The number of aryl methyl sites for hydroxylation is 2. The zero-order valence-corrected chi connectivity index (χ0v) is 16.4. The largest absolute Gasteiger partial charge is 0.335 e. The summed E-state index contributed by atoms with van der Waals surface area (Å²) in [4.78, 5) is 24.1. The summed E-state index contributed by atoms with van der Waals surface area (Å²) in [5.74, 6) is 0.675. The summed E-state index contributed by atoms with van der Waals surface area (Å²) in [6, 6.07) is 2.48. The van der Waals surface area contributed by atoms with Gasteiger partial charge in [-0.2, -0.15) is 5.10 Å². The van der Waals surface area contributed by atoms with Crippen molar-refractivity contribution < 1.29 is 4.79 Å².